The minimum atomic E-state index is -0.768. The molecule has 2 aromatic carbocycles. The number of halogens is 1. The van der Waals surface area contributed by atoms with Gasteiger partial charge in [-0.05, 0) is 55.8 Å². The lowest BCUT2D eigenvalue weighted by Crippen LogP contribution is -2.44. The van der Waals surface area contributed by atoms with Gasteiger partial charge in [0, 0.05) is 17.3 Å². The summed E-state index contributed by atoms with van der Waals surface area (Å²) >= 11 is 5.98. The van der Waals surface area contributed by atoms with E-state index in [0.717, 1.165) is 10.1 Å². The van der Waals surface area contributed by atoms with E-state index in [1.54, 1.807) is 55.5 Å². The van der Waals surface area contributed by atoms with Gasteiger partial charge in [0.1, 0.15) is 5.75 Å². The van der Waals surface area contributed by atoms with Crippen LogP contribution in [-0.4, -0.2) is 33.3 Å². The molecule has 0 aliphatic heterocycles. The van der Waals surface area contributed by atoms with Crippen LogP contribution in [0.25, 0.3) is 0 Å². The van der Waals surface area contributed by atoms with Gasteiger partial charge >= 0.3 is 17.3 Å². The third-order valence-electron chi connectivity index (χ3n) is 4.95. The molecule has 3 rings (SSSR count). The summed E-state index contributed by atoms with van der Waals surface area (Å²) in [6, 6.07) is 14.1. The fourth-order valence-corrected chi connectivity index (χ4v) is 3.39. The number of nitrogens with one attached hydrogen (secondary N) is 1. The lowest BCUT2D eigenvalue weighted by atomic mass is 10.2. The number of rotatable bonds is 9. The molecular formula is C24H27ClN4O5. The van der Waals surface area contributed by atoms with Gasteiger partial charge in [0.15, 0.2) is 0 Å². The highest BCUT2D eigenvalue weighted by Crippen LogP contribution is 2.20. The number of nitrogens with zero attached hydrogens (tertiary/aromatic N) is 3. The van der Waals surface area contributed by atoms with Crippen molar-refractivity contribution < 1.29 is 14.3 Å². The van der Waals surface area contributed by atoms with Gasteiger partial charge in [-0.15, -0.1) is 0 Å². The highest BCUT2D eigenvalue weighted by Gasteiger charge is 2.20. The molecule has 34 heavy (non-hydrogen) atoms. The van der Waals surface area contributed by atoms with E-state index in [-0.39, 0.29) is 25.1 Å². The van der Waals surface area contributed by atoms with Crippen molar-refractivity contribution in [1.29, 1.82) is 0 Å². The van der Waals surface area contributed by atoms with Gasteiger partial charge in [0.25, 0.3) is 0 Å². The summed E-state index contributed by atoms with van der Waals surface area (Å²) in [5, 5.41) is 3.61. The summed E-state index contributed by atoms with van der Waals surface area (Å²) in [5.41, 5.74) is 0.0273. The SMILES string of the molecule is COC(=O)[C@@H](C)Cn1c(=O)nc(Nc2ccc(OC(C)C)cc2)n(Cc2ccc(Cl)cc2)c1=O. The summed E-state index contributed by atoms with van der Waals surface area (Å²) in [7, 11) is 1.25. The third-order valence-corrected chi connectivity index (χ3v) is 5.20. The molecule has 3 aromatic rings. The first kappa shape index (κ1) is 25.0. The Labute approximate surface area is 201 Å². The molecule has 0 aliphatic rings. The zero-order valence-electron chi connectivity index (χ0n) is 19.4. The first-order valence-electron chi connectivity index (χ1n) is 10.8. The van der Waals surface area contributed by atoms with Crippen LogP contribution in [0.1, 0.15) is 26.3 Å². The monoisotopic (exact) mass is 486 g/mol. The van der Waals surface area contributed by atoms with Gasteiger partial charge in [0.2, 0.25) is 5.95 Å². The molecule has 0 radical (unpaired) electrons. The van der Waals surface area contributed by atoms with E-state index >= 15 is 0 Å². The van der Waals surface area contributed by atoms with E-state index < -0.39 is 23.3 Å². The second-order valence-corrected chi connectivity index (χ2v) is 8.50. The van der Waals surface area contributed by atoms with Crippen molar-refractivity contribution >= 4 is 29.2 Å². The van der Waals surface area contributed by atoms with Gasteiger partial charge in [-0.2, -0.15) is 4.98 Å². The normalized spacial score (nSPS) is 11.8. The number of anilines is 2. The summed E-state index contributed by atoms with van der Waals surface area (Å²) in [4.78, 5) is 42.0. The molecule has 1 N–H and O–H groups in total. The minimum absolute atomic E-state index is 0.0324. The molecule has 1 heterocycles. The molecule has 0 saturated heterocycles. The van der Waals surface area contributed by atoms with Gasteiger partial charge < -0.3 is 14.8 Å². The van der Waals surface area contributed by atoms with Gasteiger partial charge in [-0.25, -0.2) is 14.2 Å². The summed E-state index contributed by atoms with van der Waals surface area (Å²) in [6.45, 7) is 5.42. The van der Waals surface area contributed by atoms with E-state index in [1.807, 2.05) is 13.8 Å². The number of ether oxygens (including phenoxy) is 2. The lowest BCUT2D eigenvalue weighted by molar-refractivity contribution is -0.145. The zero-order valence-corrected chi connectivity index (χ0v) is 20.2. The van der Waals surface area contributed by atoms with Crippen LogP contribution in [0.3, 0.4) is 0 Å². The van der Waals surface area contributed by atoms with E-state index in [2.05, 4.69) is 10.3 Å². The van der Waals surface area contributed by atoms with E-state index in [9.17, 15) is 14.4 Å². The Morgan fingerprint density at radius 1 is 1.03 bits per heavy atom. The van der Waals surface area contributed by atoms with Gasteiger partial charge in [-0.1, -0.05) is 30.7 Å². The van der Waals surface area contributed by atoms with Crippen LogP contribution >= 0.6 is 11.6 Å². The number of esters is 1. The molecule has 0 fully saturated rings. The van der Waals surface area contributed by atoms with Crippen molar-refractivity contribution in [2.24, 2.45) is 5.92 Å². The van der Waals surface area contributed by atoms with Crippen molar-refractivity contribution in [1.82, 2.24) is 14.1 Å². The standard InChI is InChI=1S/C24H27ClN4O5/c1-15(2)34-20-11-9-19(10-12-20)26-22-27-23(31)29(13-16(3)21(30)33-4)24(32)28(22)14-17-5-7-18(25)8-6-17/h5-12,15-16H,13-14H2,1-4H3,(H,26,27,31)/t16-/m0/s1. The number of methoxy groups -OCH3 is 1. The molecule has 1 aromatic heterocycles. The summed E-state index contributed by atoms with van der Waals surface area (Å²) in [6.07, 6.45) is 0.0324. The van der Waals surface area contributed by atoms with Crippen LogP contribution in [0, 0.1) is 5.92 Å². The Kier molecular flexibility index (Phi) is 8.12. The zero-order chi connectivity index (χ0) is 24.8. The average molecular weight is 487 g/mol. The van der Waals surface area contributed by atoms with Crippen molar-refractivity contribution in [3.63, 3.8) is 0 Å². The quantitative estimate of drug-likeness (QED) is 0.462. The minimum Gasteiger partial charge on any atom is -0.491 e. The second-order valence-electron chi connectivity index (χ2n) is 8.06. The Morgan fingerprint density at radius 2 is 1.68 bits per heavy atom. The second kappa shape index (κ2) is 11.0. The first-order chi connectivity index (χ1) is 16.2. The van der Waals surface area contributed by atoms with E-state index in [0.29, 0.717) is 16.5 Å². The maximum Gasteiger partial charge on any atom is 0.354 e. The maximum absolute atomic E-state index is 13.3. The molecular weight excluding hydrogens is 460 g/mol. The highest BCUT2D eigenvalue weighted by atomic mass is 35.5. The fraction of sp³-hybridized carbons (Fsp3) is 0.333. The van der Waals surface area contributed by atoms with Crippen LogP contribution in [0.5, 0.6) is 5.75 Å². The first-order valence-corrected chi connectivity index (χ1v) is 11.1. The number of carbonyl (C=O) groups excluding carboxylic acids is 1. The van der Waals surface area contributed by atoms with Crippen molar-refractivity contribution in [2.75, 3.05) is 12.4 Å². The molecule has 9 nitrogen and oxygen atoms in total. The van der Waals surface area contributed by atoms with Gasteiger partial charge in [0.05, 0.1) is 25.7 Å². The van der Waals surface area contributed by atoms with Crippen molar-refractivity contribution in [2.45, 2.75) is 40.0 Å². The molecule has 0 bridgehead atoms. The molecule has 0 amide bonds. The Balaban J connectivity index is 2.01. The predicted molar refractivity (Wildman–Crippen MR) is 130 cm³/mol. The average Bonchev–Trinajstić information content (AvgIpc) is 2.80. The van der Waals surface area contributed by atoms with E-state index in [4.69, 9.17) is 21.1 Å². The Hall–Kier alpha value is -3.59. The Bertz CT molecular complexity index is 1250. The predicted octanol–water partition coefficient (Wildman–Crippen LogP) is 3.45. The van der Waals surface area contributed by atoms with Crippen LogP contribution in [-0.2, 0) is 22.6 Å². The summed E-state index contributed by atoms with van der Waals surface area (Å²) < 4.78 is 12.6. The Morgan fingerprint density at radius 3 is 2.26 bits per heavy atom. The van der Waals surface area contributed by atoms with Crippen LogP contribution in [0.4, 0.5) is 11.6 Å². The summed E-state index contributed by atoms with van der Waals surface area (Å²) in [5.74, 6) is -0.460. The number of carbonyl (C=O) groups is 1. The molecule has 0 aliphatic carbocycles. The van der Waals surface area contributed by atoms with Crippen LogP contribution in [0.15, 0.2) is 58.1 Å². The number of aromatic nitrogens is 3. The topological polar surface area (TPSA) is 104 Å². The van der Waals surface area contributed by atoms with Crippen LogP contribution < -0.4 is 21.4 Å². The smallest absolute Gasteiger partial charge is 0.354 e. The maximum atomic E-state index is 13.3. The third kappa shape index (κ3) is 6.26. The highest BCUT2D eigenvalue weighted by molar-refractivity contribution is 6.30. The molecule has 10 heteroatoms. The number of hydrogen-bond acceptors (Lipinski definition) is 7. The largest absolute Gasteiger partial charge is 0.491 e. The van der Waals surface area contributed by atoms with Crippen molar-refractivity contribution in [3.05, 3.63) is 80.1 Å². The molecule has 0 unspecified atom stereocenters. The molecule has 180 valence electrons. The van der Waals surface area contributed by atoms with Crippen LogP contribution in [0.2, 0.25) is 5.02 Å². The molecule has 1 atom stereocenters. The molecule has 0 spiro atoms. The van der Waals surface area contributed by atoms with Gasteiger partial charge in [-0.3, -0.25) is 9.36 Å². The molecule has 0 saturated carbocycles. The number of benzene rings is 2. The van der Waals surface area contributed by atoms with Crippen molar-refractivity contribution in [3.8, 4) is 5.75 Å². The van der Waals surface area contributed by atoms with E-state index in [1.165, 1.54) is 11.7 Å². The lowest BCUT2D eigenvalue weighted by Gasteiger charge is -2.17. The fourth-order valence-electron chi connectivity index (χ4n) is 3.26. The number of hydrogen-bond donors (Lipinski definition) is 1.